The van der Waals surface area contributed by atoms with E-state index in [2.05, 4.69) is 4.98 Å². The molecule has 1 aromatic carbocycles. The summed E-state index contributed by atoms with van der Waals surface area (Å²) in [5.41, 5.74) is 1.90. The number of benzene rings is 1. The van der Waals surface area contributed by atoms with Crippen molar-refractivity contribution in [2.75, 3.05) is 13.2 Å². The summed E-state index contributed by atoms with van der Waals surface area (Å²) in [4.78, 5) is 4.51. The average Bonchev–Trinajstić information content (AvgIpc) is 2.46. The summed E-state index contributed by atoms with van der Waals surface area (Å²) in [5.74, 6) is 0.428. The van der Waals surface area contributed by atoms with E-state index < -0.39 is 9.05 Å². The van der Waals surface area contributed by atoms with E-state index in [4.69, 9.17) is 15.4 Å². The molecule has 3 rings (SSSR count). The third-order valence-electron chi connectivity index (χ3n) is 3.65. The Morgan fingerprint density at radius 3 is 2.65 bits per heavy atom. The van der Waals surface area contributed by atoms with Crippen molar-refractivity contribution in [3.63, 3.8) is 0 Å². The van der Waals surface area contributed by atoms with Crippen LogP contribution >= 0.6 is 10.7 Å². The Bertz CT molecular complexity index is 739. The molecule has 0 radical (unpaired) electrons. The number of hydrogen-bond acceptors (Lipinski definition) is 4. The molecule has 0 bridgehead atoms. The second kappa shape index (κ2) is 5.31. The minimum absolute atomic E-state index is 0.109. The fourth-order valence-corrected chi connectivity index (χ4v) is 3.32. The lowest BCUT2D eigenvalue weighted by Crippen LogP contribution is -2.14. The highest BCUT2D eigenvalue weighted by Gasteiger charge is 2.17. The highest BCUT2D eigenvalue weighted by atomic mass is 35.7. The Kier molecular flexibility index (Phi) is 3.67. The molecule has 1 aromatic heterocycles. The molecule has 6 heteroatoms. The van der Waals surface area contributed by atoms with Crippen molar-refractivity contribution in [1.82, 2.24) is 4.98 Å². The SMILES string of the molecule is O=S(=O)(Cl)c1ccc2ncc(C3CCOCC3)cc2c1. The van der Waals surface area contributed by atoms with Crippen LogP contribution in [0.25, 0.3) is 10.9 Å². The van der Waals surface area contributed by atoms with Crippen molar-refractivity contribution in [3.8, 4) is 0 Å². The molecule has 0 spiro atoms. The fraction of sp³-hybridized carbons (Fsp3) is 0.357. The molecule has 0 atom stereocenters. The van der Waals surface area contributed by atoms with E-state index in [1.807, 2.05) is 12.3 Å². The lowest BCUT2D eigenvalue weighted by Gasteiger charge is -2.22. The molecule has 1 fully saturated rings. The van der Waals surface area contributed by atoms with Crippen LogP contribution in [0.3, 0.4) is 0 Å². The van der Waals surface area contributed by atoms with Crippen LogP contribution in [0, 0.1) is 0 Å². The van der Waals surface area contributed by atoms with Gasteiger partial charge in [0.25, 0.3) is 9.05 Å². The van der Waals surface area contributed by atoms with E-state index in [1.54, 1.807) is 12.1 Å². The highest BCUT2D eigenvalue weighted by molar-refractivity contribution is 8.13. The number of ether oxygens (including phenoxy) is 1. The number of rotatable bonds is 2. The number of pyridine rings is 1. The van der Waals surface area contributed by atoms with Gasteiger partial charge in [-0.25, -0.2) is 8.42 Å². The van der Waals surface area contributed by atoms with Gasteiger partial charge in [-0.15, -0.1) is 0 Å². The second-order valence-electron chi connectivity index (χ2n) is 4.95. The number of aromatic nitrogens is 1. The largest absolute Gasteiger partial charge is 0.381 e. The average molecular weight is 312 g/mol. The van der Waals surface area contributed by atoms with Crippen LogP contribution in [0.2, 0.25) is 0 Å². The smallest absolute Gasteiger partial charge is 0.261 e. The van der Waals surface area contributed by atoms with Crippen LogP contribution < -0.4 is 0 Å². The van der Waals surface area contributed by atoms with Gasteiger partial charge in [-0.2, -0.15) is 0 Å². The van der Waals surface area contributed by atoms with Gasteiger partial charge in [0.2, 0.25) is 0 Å². The zero-order chi connectivity index (χ0) is 14.2. The molecular weight excluding hydrogens is 298 g/mol. The lowest BCUT2D eigenvalue weighted by molar-refractivity contribution is 0.0853. The predicted octanol–water partition coefficient (Wildman–Crippen LogP) is 3.06. The maximum absolute atomic E-state index is 11.4. The normalized spacial score (nSPS) is 17.4. The number of halogens is 1. The molecule has 106 valence electrons. The van der Waals surface area contributed by atoms with E-state index in [-0.39, 0.29) is 4.90 Å². The van der Waals surface area contributed by atoms with Gasteiger partial charge in [-0.1, -0.05) is 0 Å². The molecule has 1 aliphatic rings. The summed E-state index contributed by atoms with van der Waals surface area (Å²) < 4.78 is 28.1. The number of nitrogens with zero attached hydrogens (tertiary/aromatic N) is 1. The van der Waals surface area contributed by atoms with Gasteiger partial charge in [0.15, 0.2) is 0 Å². The van der Waals surface area contributed by atoms with Crippen LogP contribution in [0.4, 0.5) is 0 Å². The van der Waals surface area contributed by atoms with Crippen molar-refractivity contribution in [2.45, 2.75) is 23.7 Å². The first kappa shape index (κ1) is 13.8. The molecule has 2 aromatic rings. The lowest BCUT2D eigenvalue weighted by atomic mass is 9.92. The molecule has 4 nitrogen and oxygen atoms in total. The summed E-state index contributed by atoms with van der Waals surface area (Å²) >= 11 is 0. The highest BCUT2D eigenvalue weighted by Crippen LogP contribution is 2.29. The Hall–Kier alpha value is -1.17. The first-order valence-corrected chi connectivity index (χ1v) is 8.77. The van der Waals surface area contributed by atoms with Crippen molar-refractivity contribution in [1.29, 1.82) is 0 Å². The molecule has 2 heterocycles. The Morgan fingerprint density at radius 1 is 1.20 bits per heavy atom. The molecular formula is C14H14ClNO3S. The maximum atomic E-state index is 11.4. The molecule has 0 amide bonds. The molecule has 1 aliphatic heterocycles. The summed E-state index contributed by atoms with van der Waals surface area (Å²) in [5, 5.41) is 0.802. The van der Waals surface area contributed by atoms with Gasteiger partial charge in [0, 0.05) is 35.5 Å². The summed E-state index contributed by atoms with van der Waals surface area (Å²) in [6, 6.07) is 6.74. The third kappa shape index (κ3) is 2.80. The van der Waals surface area contributed by atoms with Crippen molar-refractivity contribution in [2.24, 2.45) is 0 Å². The van der Waals surface area contributed by atoms with E-state index >= 15 is 0 Å². The van der Waals surface area contributed by atoms with Crippen molar-refractivity contribution >= 4 is 30.6 Å². The van der Waals surface area contributed by atoms with Crippen LogP contribution in [0.1, 0.15) is 24.3 Å². The molecule has 0 unspecified atom stereocenters. The van der Waals surface area contributed by atoms with Gasteiger partial charge in [-0.05, 0) is 48.6 Å². The summed E-state index contributed by atoms with van der Waals surface area (Å²) in [6.45, 7) is 1.53. The Labute approximate surface area is 122 Å². The third-order valence-corrected chi connectivity index (χ3v) is 5.00. The Balaban J connectivity index is 2.04. The fourth-order valence-electron chi connectivity index (χ4n) is 2.53. The van der Waals surface area contributed by atoms with Crippen LogP contribution in [-0.4, -0.2) is 26.6 Å². The first-order chi connectivity index (χ1) is 9.54. The van der Waals surface area contributed by atoms with Crippen LogP contribution in [-0.2, 0) is 13.8 Å². The zero-order valence-electron chi connectivity index (χ0n) is 10.8. The second-order valence-corrected chi connectivity index (χ2v) is 7.51. The van der Waals surface area contributed by atoms with Gasteiger partial charge in [0.05, 0.1) is 10.4 Å². The van der Waals surface area contributed by atoms with Gasteiger partial charge in [-0.3, -0.25) is 4.98 Å². The molecule has 1 saturated heterocycles. The van der Waals surface area contributed by atoms with Crippen molar-refractivity contribution < 1.29 is 13.2 Å². The molecule has 0 aliphatic carbocycles. The summed E-state index contributed by atoms with van der Waals surface area (Å²) in [6.07, 6.45) is 3.81. The topological polar surface area (TPSA) is 56.3 Å². The van der Waals surface area contributed by atoms with E-state index in [0.29, 0.717) is 5.92 Å². The standard InChI is InChI=1S/C14H14ClNO3S/c15-20(17,18)13-1-2-14-11(8-13)7-12(9-16-14)10-3-5-19-6-4-10/h1-2,7-10H,3-6H2. The minimum atomic E-state index is -3.71. The minimum Gasteiger partial charge on any atom is -0.381 e. The van der Waals surface area contributed by atoms with Crippen LogP contribution in [0.5, 0.6) is 0 Å². The molecule has 0 N–H and O–H groups in total. The maximum Gasteiger partial charge on any atom is 0.261 e. The van der Waals surface area contributed by atoms with E-state index in [1.165, 1.54) is 6.07 Å². The molecule has 20 heavy (non-hydrogen) atoms. The van der Waals surface area contributed by atoms with Crippen molar-refractivity contribution in [3.05, 3.63) is 36.0 Å². The van der Waals surface area contributed by atoms with Gasteiger partial charge in [0.1, 0.15) is 0 Å². The van der Waals surface area contributed by atoms with Crippen LogP contribution in [0.15, 0.2) is 35.4 Å². The van der Waals surface area contributed by atoms with Gasteiger partial charge < -0.3 is 4.74 Å². The monoisotopic (exact) mass is 311 g/mol. The van der Waals surface area contributed by atoms with E-state index in [0.717, 1.165) is 42.5 Å². The van der Waals surface area contributed by atoms with Gasteiger partial charge >= 0.3 is 0 Å². The number of hydrogen-bond donors (Lipinski definition) is 0. The summed E-state index contributed by atoms with van der Waals surface area (Å²) in [7, 11) is 1.68. The zero-order valence-corrected chi connectivity index (χ0v) is 12.3. The molecule has 0 saturated carbocycles. The quantitative estimate of drug-likeness (QED) is 0.800. The van der Waals surface area contributed by atoms with E-state index in [9.17, 15) is 8.42 Å². The first-order valence-electron chi connectivity index (χ1n) is 6.46. The Morgan fingerprint density at radius 2 is 1.95 bits per heavy atom. The number of fused-ring (bicyclic) bond motifs is 1. The predicted molar refractivity (Wildman–Crippen MR) is 77.6 cm³/mol.